The van der Waals surface area contributed by atoms with E-state index in [4.69, 9.17) is 9.97 Å². The summed E-state index contributed by atoms with van der Waals surface area (Å²) < 4.78 is 1.08. The van der Waals surface area contributed by atoms with Gasteiger partial charge in [-0.1, -0.05) is 13.8 Å². The molecule has 0 atom stereocenters. The van der Waals surface area contributed by atoms with Gasteiger partial charge in [-0.2, -0.15) is 11.8 Å². The zero-order valence-corrected chi connectivity index (χ0v) is 23.3. The van der Waals surface area contributed by atoms with Crippen LogP contribution in [0.2, 0.25) is 0 Å². The molecule has 5 heterocycles. The van der Waals surface area contributed by atoms with E-state index in [9.17, 15) is 9.90 Å². The minimum Gasteiger partial charge on any atom is -0.465 e. The molecule has 0 saturated carbocycles. The van der Waals surface area contributed by atoms with E-state index in [1.54, 1.807) is 17.7 Å². The van der Waals surface area contributed by atoms with Crippen molar-refractivity contribution >= 4 is 61.3 Å². The molecule has 3 aromatic heterocycles. The standard InChI is InChI=1S/C26H35N7O2S2/c1-26(2)4-3-17-18(15-26)19-20-21(37-24(19)30-23(17)32-11-13-36-14-12-32)22(29-16-28-20)27-5-6-31-7-9-33(10-8-31)25(34)35/h16H,3-15H2,1-2H3,(H,34,35)(H,27,28,29). The molecule has 3 aliphatic rings. The fourth-order valence-corrected chi connectivity index (χ4v) is 7.87. The Morgan fingerprint density at radius 3 is 2.65 bits per heavy atom. The number of piperazine rings is 1. The number of nitrogens with one attached hydrogen (secondary N) is 1. The first-order valence-corrected chi connectivity index (χ1v) is 15.2. The van der Waals surface area contributed by atoms with Crippen LogP contribution in [0.25, 0.3) is 20.4 Å². The molecule has 2 fully saturated rings. The second-order valence-corrected chi connectivity index (χ2v) is 13.3. The van der Waals surface area contributed by atoms with Crippen LogP contribution in [-0.4, -0.2) is 99.8 Å². The van der Waals surface area contributed by atoms with Gasteiger partial charge < -0.3 is 20.2 Å². The van der Waals surface area contributed by atoms with Crippen LogP contribution in [0.3, 0.4) is 0 Å². The average molecular weight is 542 g/mol. The molecule has 0 radical (unpaired) electrons. The number of rotatable bonds is 5. The first-order chi connectivity index (χ1) is 17.9. The number of fused-ring (bicyclic) bond motifs is 5. The van der Waals surface area contributed by atoms with E-state index < -0.39 is 6.09 Å². The van der Waals surface area contributed by atoms with Crippen molar-refractivity contribution in [3.63, 3.8) is 0 Å². The lowest BCUT2D eigenvalue weighted by molar-refractivity contribution is 0.107. The van der Waals surface area contributed by atoms with Gasteiger partial charge in [-0.3, -0.25) is 4.90 Å². The van der Waals surface area contributed by atoms with Crippen molar-refractivity contribution in [2.75, 3.05) is 74.1 Å². The maximum Gasteiger partial charge on any atom is 0.407 e. The van der Waals surface area contributed by atoms with Crippen molar-refractivity contribution in [2.24, 2.45) is 5.41 Å². The fourth-order valence-electron chi connectivity index (χ4n) is 5.84. The molecule has 0 spiro atoms. The first-order valence-electron chi connectivity index (χ1n) is 13.3. The van der Waals surface area contributed by atoms with E-state index in [2.05, 4.69) is 33.9 Å². The second-order valence-electron chi connectivity index (χ2n) is 11.1. The van der Waals surface area contributed by atoms with Crippen LogP contribution in [0.1, 0.15) is 31.4 Å². The van der Waals surface area contributed by atoms with Crippen LogP contribution in [0.5, 0.6) is 0 Å². The highest BCUT2D eigenvalue weighted by molar-refractivity contribution is 7.99. The maximum atomic E-state index is 11.2. The summed E-state index contributed by atoms with van der Waals surface area (Å²) in [6.07, 6.45) is 4.17. The normalized spacial score (nSPS) is 20.4. The summed E-state index contributed by atoms with van der Waals surface area (Å²) in [5.41, 5.74) is 4.17. The highest BCUT2D eigenvalue weighted by atomic mass is 32.2. The van der Waals surface area contributed by atoms with Crippen LogP contribution in [0, 0.1) is 5.41 Å². The van der Waals surface area contributed by atoms with Crippen molar-refractivity contribution in [1.29, 1.82) is 0 Å². The second kappa shape index (κ2) is 10.1. The molecule has 1 amide bonds. The number of thioether (sulfide) groups is 1. The zero-order chi connectivity index (χ0) is 25.6. The molecular weight excluding hydrogens is 506 g/mol. The Bertz CT molecular complexity index is 1310. The van der Waals surface area contributed by atoms with Gasteiger partial charge in [-0.15, -0.1) is 11.3 Å². The van der Waals surface area contributed by atoms with Crippen molar-refractivity contribution in [2.45, 2.75) is 33.1 Å². The molecule has 2 aliphatic heterocycles. The minimum absolute atomic E-state index is 0.267. The van der Waals surface area contributed by atoms with Gasteiger partial charge in [0.05, 0.1) is 10.2 Å². The summed E-state index contributed by atoms with van der Waals surface area (Å²) in [7, 11) is 0. The SMILES string of the molecule is CC1(C)CCc2c(N3CCSCC3)nc3sc4c(NCCN5CCN(C(=O)O)CC5)ncnc4c3c2C1. The Balaban J connectivity index is 1.30. The van der Waals surface area contributed by atoms with Gasteiger partial charge >= 0.3 is 6.09 Å². The molecule has 11 heteroatoms. The van der Waals surface area contributed by atoms with Crippen molar-refractivity contribution < 1.29 is 9.90 Å². The van der Waals surface area contributed by atoms with E-state index in [-0.39, 0.29) is 5.41 Å². The number of nitrogens with zero attached hydrogens (tertiary/aromatic N) is 6. The first kappa shape index (κ1) is 24.9. The van der Waals surface area contributed by atoms with Gasteiger partial charge in [0.15, 0.2) is 0 Å². The van der Waals surface area contributed by atoms with Crippen molar-refractivity contribution in [3.05, 3.63) is 17.5 Å². The third-order valence-corrected chi connectivity index (χ3v) is 10.00. The number of pyridine rings is 1. The molecule has 198 valence electrons. The molecule has 3 aromatic rings. The summed E-state index contributed by atoms with van der Waals surface area (Å²) in [4.78, 5) is 33.2. The molecule has 0 aromatic carbocycles. The number of thiophene rings is 1. The van der Waals surface area contributed by atoms with E-state index in [1.807, 2.05) is 11.8 Å². The Morgan fingerprint density at radius 1 is 1.11 bits per heavy atom. The van der Waals surface area contributed by atoms with E-state index in [0.717, 1.165) is 84.5 Å². The number of carbonyl (C=O) groups is 1. The maximum absolute atomic E-state index is 11.2. The molecule has 1 aliphatic carbocycles. The predicted octanol–water partition coefficient (Wildman–Crippen LogP) is 4.02. The molecular formula is C26H35N7O2S2. The lowest BCUT2D eigenvalue weighted by Gasteiger charge is -2.36. The number of carboxylic acid groups (broad SMARTS) is 1. The third-order valence-electron chi connectivity index (χ3n) is 7.98. The van der Waals surface area contributed by atoms with Crippen molar-refractivity contribution in [3.8, 4) is 0 Å². The van der Waals surface area contributed by atoms with E-state index in [0.29, 0.717) is 13.1 Å². The van der Waals surface area contributed by atoms with Gasteiger partial charge in [0.1, 0.15) is 22.8 Å². The molecule has 0 unspecified atom stereocenters. The van der Waals surface area contributed by atoms with Crippen LogP contribution in [0.4, 0.5) is 16.4 Å². The number of hydrogen-bond acceptors (Lipinski definition) is 9. The summed E-state index contributed by atoms with van der Waals surface area (Å²) in [5.74, 6) is 4.40. The van der Waals surface area contributed by atoms with Gasteiger partial charge in [0.2, 0.25) is 0 Å². The number of aromatic nitrogens is 3. The number of amides is 1. The lowest BCUT2D eigenvalue weighted by atomic mass is 9.73. The van der Waals surface area contributed by atoms with Crippen LogP contribution >= 0.6 is 23.1 Å². The Labute approximate surface area is 225 Å². The largest absolute Gasteiger partial charge is 0.465 e. The van der Waals surface area contributed by atoms with E-state index in [1.165, 1.54) is 33.7 Å². The molecule has 9 nitrogen and oxygen atoms in total. The Morgan fingerprint density at radius 2 is 1.89 bits per heavy atom. The van der Waals surface area contributed by atoms with Crippen molar-refractivity contribution in [1.82, 2.24) is 24.8 Å². The third kappa shape index (κ3) is 4.93. The summed E-state index contributed by atoms with van der Waals surface area (Å²) in [6.45, 7) is 11.2. The van der Waals surface area contributed by atoms with Crippen LogP contribution in [-0.2, 0) is 12.8 Å². The summed E-state index contributed by atoms with van der Waals surface area (Å²) in [5, 5.41) is 14.0. The van der Waals surface area contributed by atoms with E-state index >= 15 is 0 Å². The Hall–Kier alpha value is -2.37. The van der Waals surface area contributed by atoms with Gasteiger partial charge in [-0.25, -0.2) is 19.7 Å². The quantitative estimate of drug-likeness (QED) is 0.496. The van der Waals surface area contributed by atoms with Gasteiger partial charge in [0.25, 0.3) is 0 Å². The molecule has 6 rings (SSSR count). The minimum atomic E-state index is -0.826. The average Bonchev–Trinajstić information content (AvgIpc) is 3.28. The monoisotopic (exact) mass is 541 g/mol. The highest BCUT2D eigenvalue weighted by Crippen LogP contribution is 2.46. The molecule has 2 N–H and O–H groups in total. The predicted molar refractivity (Wildman–Crippen MR) is 153 cm³/mol. The number of anilines is 2. The van der Waals surface area contributed by atoms with Crippen LogP contribution < -0.4 is 10.2 Å². The number of hydrogen-bond donors (Lipinski definition) is 2. The molecule has 0 bridgehead atoms. The van der Waals surface area contributed by atoms with Gasteiger partial charge in [0, 0.05) is 69.2 Å². The Kier molecular flexibility index (Phi) is 6.79. The summed E-state index contributed by atoms with van der Waals surface area (Å²) >= 11 is 3.75. The van der Waals surface area contributed by atoms with Gasteiger partial charge in [-0.05, 0) is 35.8 Å². The highest BCUT2D eigenvalue weighted by Gasteiger charge is 2.32. The molecule has 2 saturated heterocycles. The summed E-state index contributed by atoms with van der Waals surface area (Å²) in [6, 6.07) is 0. The topological polar surface area (TPSA) is 97.7 Å². The molecule has 37 heavy (non-hydrogen) atoms. The lowest BCUT2D eigenvalue weighted by Crippen LogP contribution is -2.49. The van der Waals surface area contributed by atoms with Crippen LogP contribution in [0.15, 0.2) is 6.33 Å². The smallest absolute Gasteiger partial charge is 0.407 e. The zero-order valence-electron chi connectivity index (χ0n) is 21.6. The fraction of sp³-hybridized carbons (Fsp3) is 0.615.